The van der Waals surface area contributed by atoms with Crippen LogP contribution in [-0.2, 0) is 4.79 Å². The summed E-state index contributed by atoms with van der Waals surface area (Å²) < 4.78 is 0. The minimum atomic E-state index is -0.451. The first-order valence-electron chi connectivity index (χ1n) is 5.97. The number of nitrogens with one attached hydrogen (secondary N) is 1. The summed E-state index contributed by atoms with van der Waals surface area (Å²) in [6.45, 7) is 4.26. The van der Waals surface area contributed by atoms with Gasteiger partial charge in [-0.1, -0.05) is 26.2 Å². The van der Waals surface area contributed by atoms with E-state index in [0.717, 1.165) is 12.8 Å². The lowest BCUT2D eigenvalue weighted by atomic mass is 9.73. The summed E-state index contributed by atoms with van der Waals surface area (Å²) in [7, 11) is 0. The Bertz CT molecular complexity index is 208. The molecule has 3 nitrogen and oxygen atoms in total. The molecule has 0 aromatic heterocycles. The molecule has 1 amide bonds. The minimum Gasteiger partial charge on any atom is -0.392 e. The van der Waals surface area contributed by atoms with Crippen LogP contribution in [0.5, 0.6) is 0 Å². The number of amides is 1. The quantitative estimate of drug-likeness (QED) is 0.748. The summed E-state index contributed by atoms with van der Waals surface area (Å²) in [6, 6.07) is 0. The second-order valence-electron chi connectivity index (χ2n) is 5.20. The standard InChI is InChI=1S/C12H23NO2/c1-10(14)9-13-11(15)8-12(2)6-4-3-5-7-12/h10,14H,3-9H2,1-2H3,(H,13,15). The Labute approximate surface area is 92.3 Å². The van der Waals surface area contributed by atoms with E-state index in [-0.39, 0.29) is 11.3 Å². The van der Waals surface area contributed by atoms with Crippen molar-refractivity contribution in [3.63, 3.8) is 0 Å². The maximum atomic E-state index is 11.6. The molecule has 1 saturated carbocycles. The molecular weight excluding hydrogens is 190 g/mol. The molecule has 15 heavy (non-hydrogen) atoms. The number of hydrogen-bond acceptors (Lipinski definition) is 2. The Hall–Kier alpha value is -0.570. The number of aliphatic hydroxyl groups is 1. The second kappa shape index (κ2) is 5.50. The molecule has 88 valence electrons. The van der Waals surface area contributed by atoms with E-state index in [2.05, 4.69) is 12.2 Å². The predicted octanol–water partition coefficient (Wildman–Crippen LogP) is 1.84. The van der Waals surface area contributed by atoms with Gasteiger partial charge in [0.05, 0.1) is 6.10 Å². The third kappa shape index (κ3) is 4.65. The first-order chi connectivity index (χ1) is 7.02. The Morgan fingerprint density at radius 3 is 2.53 bits per heavy atom. The smallest absolute Gasteiger partial charge is 0.220 e. The zero-order chi connectivity index (χ0) is 11.3. The fraction of sp³-hybridized carbons (Fsp3) is 0.917. The van der Waals surface area contributed by atoms with E-state index in [4.69, 9.17) is 5.11 Å². The first-order valence-corrected chi connectivity index (χ1v) is 5.97. The molecule has 0 bridgehead atoms. The molecule has 0 heterocycles. The van der Waals surface area contributed by atoms with Crippen LogP contribution in [0.2, 0.25) is 0 Å². The molecule has 0 saturated heterocycles. The number of carbonyl (C=O) groups is 1. The average molecular weight is 213 g/mol. The highest BCUT2D eigenvalue weighted by Gasteiger charge is 2.29. The Balaban J connectivity index is 2.29. The van der Waals surface area contributed by atoms with Crippen molar-refractivity contribution in [1.82, 2.24) is 5.32 Å². The molecule has 1 unspecified atom stereocenters. The van der Waals surface area contributed by atoms with Gasteiger partial charge in [-0.2, -0.15) is 0 Å². The van der Waals surface area contributed by atoms with Crippen molar-refractivity contribution >= 4 is 5.91 Å². The largest absolute Gasteiger partial charge is 0.392 e. The van der Waals surface area contributed by atoms with E-state index in [1.807, 2.05) is 0 Å². The highest BCUT2D eigenvalue weighted by atomic mass is 16.3. The molecule has 0 aromatic carbocycles. The Morgan fingerprint density at radius 1 is 1.40 bits per heavy atom. The van der Waals surface area contributed by atoms with E-state index in [1.54, 1.807) is 6.92 Å². The number of rotatable bonds is 4. The van der Waals surface area contributed by atoms with Gasteiger partial charge in [0.2, 0.25) is 5.91 Å². The lowest BCUT2D eigenvalue weighted by molar-refractivity contribution is -0.124. The van der Waals surface area contributed by atoms with Gasteiger partial charge in [0.1, 0.15) is 0 Å². The molecule has 0 spiro atoms. The molecule has 1 fully saturated rings. The van der Waals surface area contributed by atoms with E-state index in [0.29, 0.717) is 13.0 Å². The summed E-state index contributed by atoms with van der Waals surface area (Å²) >= 11 is 0. The van der Waals surface area contributed by atoms with Crippen LogP contribution in [0.15, 0.2) is 0 Å². The van der Waals surface area contributed by atoms with Crippen LogP contribution in [0.4, 0.5) is 0 Å². The number of aliphatic hydroxyl groups excluding tert-OH is 1. The van der Waals surface area contributed by atoms with Gasteiger partial charge in [0.25, 0.3) is 0 Å². The van der Waals surface area contributed by atoms with Crippen LogP contribution in [-0.4, -0.2) is 23.7 Å². The topological polar surface area (TPSA) is 49.3 Å². The van der Waals surface area contributed by atoms with Crippen LogP contribution in [0.1, 0.15) is 52.4 Å². The van der Waals surface area contributed by atoms with E-state index in [1.165, 1.54) is 19.3 Å². The third-order valence-electron chi connectivity index (χ3n) is 3.24. The van der Waals surface area contributed by atoms with Gasteiger partial charge in [-0.3, -0.25) is 4.79 Å². The maximum Gasteiger partial charge on any atom is 0.220 e. The van der Waals surface area contributed by atoms with Crippen LogP contribution in [0.3, 0.4) is 0 Å². The van der Waals surface area contributed by atoms with E-state index in [9.17, 15) is 4.79 Å². The molecule has 1 atom stereocenters. The lowest BCUT2D eigenvalue weighted by Crippen LogP contribution is -2.35. The van der Waals surface area contributed by atoms with Gasteiger partial charge in [-0.15, -0.1) is 0 Å². The zero-order valence-electron chi connectivity index (χ0n) is 9.88. The van der Waals surface area contributed by atoms with E-state index < -0.39 is 6.10 Å². The fourth-order valence-electron chi connectivity index (χ4n) is 2.29. The van der Waals surface area contributed by atoms with Crippen LogP contribution in [0, 0.1) is 5.41 Å². The van der Waals surface area contributed by atoms with Crippen molar-refractivity contribution in [3.8, 4) is 0 Å². The monoisotopic (exact) mass is 213 g/mol. The van der Waals surface area contributed by atoms with Crippen LogP contribution < -0.4 is 5.32 Å². The molecule has 1 aliphatic rings. The average Bonchev–Trinajstić information content (AvgIpc) is 2.15. The van der Waals surface area contributed by atoms with Crippen LogP contribution >= 0.6 is 0 Å². The van der Waals surface area contributed by atoms with Crippen molar-refractivity contribution < 1.29 is 9.90 Å². The molecule has 2 N–H and O–H groups in total. The Morgan fingerprint density at radius 2 is 2.00 bits per heavy atom. The lowest BCUT2D eigenvalue weighted by Gasteiger charge is -2.32. The maximum absolute atomic E-state index is 11.6. The highest BCUT2D eigenvalue weighted by Crippen LogP contribution is 2.38. The number of hydrogen-bond donors (Lipinski definition) is 2. The van der Waals surface area contributed by atoms with Crippen molar-refractivity contribution in [2.75, 3.05) is 6.54 Å². The van der Waals surface area contributed by atoms with Gasteiger partial charge in [0, 0.05) is 13.0 Å². The molecule has 3 heteroatoms. The first kappa shape index (κ1) is 12.5. The number of carbonyl (C=O) groups excluding carboxylic acids is 1. The Kier molecular flexibility index (Phi) is 4.58. The van der Waals surface area contributed by atoms with Gasteiger partial charge < -0.3 is 10.4 Å². The van der Waals surface area contributed by atoms with Crippen molar-refractivity contribution in [3.05, 3.63) is 0 Å². The summed E-state index contributed by atoms with van der Waals surface area (Å²) in [6.07, 6.45) is 6.29. The predicted molar refractivity (Wildman–Crippen MR) is 60.5 cm³/mol. The van der Waals surface area contributed by atoms with Crippen LogP contribution in [0.25, 0.3) is 0 Å². The molecule has 0 radical (unpaired) electrons. The summed E-state index contributed by atoms with van der Waals surface area (Å²) in [5, 5.41) is 11.8. The normalized spacial score (nSPS) is 22.1. The molecule has 0 aromatic rings. The SMILES string of the molecule is CC(O)CNC(=O)CC1(C)CCCCC1. The van der Waals surface area contributed by atoms with Crippen molar-refractivity contribution in [2.45, 2.75) is 58.5 Å². The van der Waals surface area contributed by atoms with Gasteiger partial charge in [0.15, 0.2) is 0 Å². The molecular formula is C12H23NO2. The van der Waals surface area contributed by atoms with E-state index >= 15 is 0 Å². The van der Waals surface area contributed by atoms with Gasteiger partial charge in [-0.25, -0.2) is 0 Å². The second-order valence-corrected chi connectivity index (χ2v) is 5.20. The summed E-state index contributed by atoms with van der Waals surface area (Å²) in [5.74, 6) is 0.0836. The van der Waals surface area contributed by atoms with Crippen molar-refractivity contribution in [2.24, 2.45) is 5.41 Å². The molecule has 1 rings (SSSR count). The van der Waals surface area contributed by atoms with Gasteiger partial charge >= 0.3 is 0 Å². The summed E-state index contributed by atoms with van der Waals surface area (Å²) in [5.41, 5.74) is 0.195. The molecule has 0 aliphatic heterocycles. The highest BCUT2D eigenvalue weighted by molar-refractivity contribution is 5.76. The third-order valence-corrected chi connectivity index (χ3v) is 3.24. The summed E-state index contributed by atoms with van der Waals surface area (Å²) in [4.78, 5) is 11.6. The fourth-order valence-corrected chi connectivity index (χ4v) is 2.29. The molecule has 1 aliphatic carbocycles. The van der Waals surface area contributed by atoms with Gasteiger partial charge in [-0.05, 0) is 25.2 Å². The minimum absolute atomic E-state index is 0.0836. The zero-order valence-corrected chi connectivity index (χ0v) is 9.88. The van der Waals surface area contributed by atoms with Crippen molar-refractivity contribution in [1.29, 1.82) is 0 Å².